The highest BCUT2D eigenvalue weighted by atomic mass is 32.2. The van der Waals surface area contributed by atoms with E-state index in [4.69, 9.17) is 99.7 Å². The second-order valence-corrected chi connectivity index (χ2v) is 40.3. The van der Waals surface area contributed by atoms with E-state index in [1.165, 1.54) is 16.7 Å². The van der Waals surface area contributed by atoms with E-state index in [0.29, 0.717) is 145 Å². The number of carbonyl (C=O) groups is 4. The summed E-state index contributed by atoms with van der Waals surface area (Å²) >= 11 is 9.92. The summed E-state index contributed by atoms with van der Waals surface area (Å²) in [5.74, 6) is 3.54. The number of hydrogen-bond acceptors (Lipinski definition) is 24. The molecule has 4 amide bonds. The van der Waals surface area contributed by atoms with Crippen molar-refractivity contribution in [3.63, 3.8) is 0 Å². The third kappa shape index (κ3) is 23.7. The van der Waals surface area contributed by atoms with Crippen LogP contribution in [-0.4, -0.2) is 197 Å². The number of fused-ring (bicyclic) bond motifs is 16. The number of carbonyl (C=O) groups excluding carboxylic acids is 4. The first-order chi connectivity index (χ1) is 66.7. The smallest absolute Gasteiger partial charge is 0.425 e. The molecule has 10 aromatic carbocycles. The van der Waals surface area contributed by atoms with Gasteiger partial charge in [0.05, 0.1) is 97.6 Å². The lowest BCUT2D eigenvalue weighted by atomic mass is 9.98. The Kier molecular flexibility index (Phi) is 32.4. The second-order valence-electron chi connectivity index (χ2n) is 37.5. The lowest BCUT2D eigenvalue weighted by molar-refractivity contribution is 0.0264. The molecule has 0 unspecified atom stereocenters. The summed E-state index contributed by atoms with van der Waals surface area (Å²) < 4.78 is 96.6. The molecule has 4 atom stereocenters. The molecule has 0 spiro atoms. The molecule has 0 fully saturated rings. The fourth-order valence-corrected chi connectivity index (χ4v) is 20.3. The normalized spacial score (nSPS) is 16.7. The van der Waals surface area contributed by atoms with Gasteiger partial charge < -0.3 is 81.3 Å². The van der Waals surface area contributed by atoms with Crippen molar-refractivity contribution in [1.29, 1.82) is 0 Å². The Morgan fingerprint density at radius 1 is 0.370 bits per heavy atom. The topological polar surface area (TPSA) is 262 Å². The van der Waals surface area contributed by atoms with Crippen LogP contribution < -0.4 is 57.8 Å². The molecule has 0 aromatic heterocycles. The van der Waals surface area contributed by atoms with Crippen LogP contribution in [-0.2, 0) is 110 Å². The predicted octanol–water partition coefficient (Wildman–Crippen LogP) is 17.5. The highest BCUT2D eigenvalue weighted by Gasteiger charge is 2.43. The van der Waals surface area contributed by atoms with E-state index >= 15 is 0 Å². The van der Waals surface area contributed by atoms with Gasteiger partial charge in [-0.3, -0.25) is 29.1 Å². The number of thiol groups is 2. The Labute approximate surface area is 821 Å². The molecule has 0 saturated carbocycles. The summed E-state index contributed by atoms with van der Waals surface area (Å²) in [5.41, 5.74) is 22.4. The third-order valence-electron chi connectivity index (χ3n) is 26.3. The molecule has 138 heavy (non-hydrogen) atoms. The quantitative estimate of drug-likeness (QED) is 0.0269. The van der Waals surface area contributed by atoms with Crippen LogP contribution in [0, 0.1) is 13.8 Å². The Balaban J connectivity index is 0.000000192. The highest BCUT2D eigenvalue weighted by Crippen LogP contribution is 2.47. The maximum atomic E-state index is 14.2. The van der Waals surface area contributed by atoms with E-state index in [0.717, 1.165) is 170 Å². The fourth-order valence-electron chi connectivity index (χ4n) is 19.9. The standard InChI is InChI=1S/C55H63N3O8S.C54H60N4O8S.O3S/c1-36-24-46-39(14-16-43-28-41-10-6-8-12-48(41)57(43)53(46)59)30-50(36)65-33-37-25-38(27-45(26-37)56(35-55(2,3)67)18-19-63-22-23-64-21-20-61-4)34-66-52-31-40-15-17-44-29-42-11-7-9-13-49(42)58(44)54(60)47(40)32-51(52)62-5;1-35-22-44-38(14-15-41-26-39-10-6-8-12-47(39)57(41)52(44)59)28-49(35)65-32-36-23-37(25-42(24-36)56(34-54(2,3)67)16-17-63-20-21-64-19-18-61-4)33-66-51-30-46-45(29-50(51)62-5)53(60)58-43(31-55-46)27-40-11-7-9-13-48(40)58;1-4(2)3/h6-13,24-27,30-32,43-44,67H,14-23,28-29,33-35H2,1-5H3;6-13,22-25,28-31,41,43,67H,14-21,26-27,32-34H2,1-5H3;/t43-,44-;41-,43+;/m11./s1. The van der Waals surface area contributed by atoms with Gasteiger partial charge in [-0.2, -0.15) is 25.3 Å². The molecule has 0 N–H and O–H groups in total. The first kappa shape index (κ1) is 99.2. The van der Waals surface area contributed by atoms with Crippen LogP contribution in [0.4, 0.5) is 39.8 Å². The number of anilines is 6. The average molecular weight is 1930 g/mol. The first-order valence-corrected chi connectivity index (χ1v) is 49.3. The van der Waals surface area contributed by atoms with E-state index in [2.05, 4.69) is 128 Å². The van der Waals surface area contributed by atoms with E-state index in [1.54, 1.807) is 40.6 Å². The lowest BCUT2D eigenvalue weighted by Gasteiger charge is -2.32. The van der Waals surface area contributed by atoms with Crippen LogP contribution in [0.3, 0.4) is 0 Å². The van der Waals surface area contributed by atoms with Gasteiger partial charge in [0, 0.05) is 138 Å². The molecule has 26 nitrogen and oxygen atoms in total. The molecular weight excluding hydrogens is 1810 g/mol. The molecule has 10 aromatic rings. The summed E-state index contributed by atoms with van der Waals surface area (Å²) in [7, 11) is 3.40. The van der Waals surface area contributed by atoms with E-state index in [1.807, 2.05) is 119 Å². The Hall–Kier alpha value is -11.8. The summed E-state index contributed by atoms with van der Waals surface area (Å²) in [4.78, 5) is 73.8. The van der Waals surface area contributed by atoms with Crippen LogP contribution in [0.15, 0.2) is 187 Å². The fraction of sp³-hybridized carbons (Fsp3) is 0.404. The molecule has 8 heterocycles. The monoisotopic (exact) mass is 1930 g/mol. The van der Waals surface area contributed by atoms with Gasteiger partial charge in [-0.25, -0.2) is 0 Å². The van der Waals surface area contributed by atoms with E-state index in [-0.39, 0.29) is 77.1 Å². The zero-order valence-corrected chi connectivity index (χ0v) is 82.8. The maximum Gasteiger partial charge on any atom is 0.425 e. The molecule has 8 aliphatic heterocycles. The number of amides is 4. The van der Waals surface area contributed by atoms with Crippen molar-refractivity contribution >= 4 is 106 Å². The van der Waals surface area contributed by atoms with Crippen molar-refractivity contribution in [3.8, 4) is 34.5 Å². The van der Waals surface area contributed by atoms with Gasteiger partial charge in [-0.1, -0.05) is 72.8 Å². The average Bonchev–Trinajstić information content (AvgIpc) is 1.65. The van der Waals surface area contributed by atoms with E-state index in [9.17, 15) is 19.2 Å². The van der Waals surface area contributed by atoms with Crippen LogP contribution in [0.2, 0.25) is 0 Å². The van der Waals surface area contributed by atoms with Crippen molar-refractivity contribution in [2.24, 2.45) is 4.99 Å². The van der Waals surface area contributed by atoms with Gasteiger partial charge >= 0.3 is 10.6 Å². The zero-order chi connectivity index (χ0) is 96.9. The number of aryl methyl sites for hydroxylation is 5. The van der Waals surface area contributed by atoms with Crippen molar-refractivity contribution in [2.75, 3.05) is 150 Å². The number of ether oxygens (including phenoxy) is 12. The molecule has 726 valence electrons. The molecule has 0 bridgehead atoms. The number of hydrogen-bond donors (Lipinski definition) is 2. The van der Waals surface area contributed by atoms with Crippen molar-refractivity contribution in [2.45, 2.75) is 166 Å². The number of methoxy groups -OCH3 is 4. The highest BCUT2D eigenvalue weighted by molar-refractivity contribution is 7.82. The Morgan fingerprint density at radius 2 is 0.688 bits per heavy atom. The number of aliphatic imine (C=N–C) groups is 1. The molecule has 29 heteroatoms. The van der Waals surface area contributed by atoms with Crippen molar-refractivity contribution in [1.82, 2.24) is 0 Å². The molecule has 0 radical (unpaired) electrons. The largest absolute Gasteiger partial charge is 0.493 e. The zero-order valence-electron chi connectivity index (χ0n) is 80.2. The van der Waals surface area contributed by atoms with Crippen LogP contribution in [0.1, 0.15) is 161 Å². The molecule has 18 rings (SSSR count). The van der Waals surface area contributed by atoms with E-state index < -0.39 is 10.6 Å². The number of nitrogens with zero attached hydrogens (tertiary/aromatic N) is 7. The summed E-state index contributed by atoms with van der Waals surface area (Å²) in [6, 6.07) is 61.3. The molecule has 0 saturated heterocycles. The molecule has 8 aliphatic rings. The van der Waals surface area contributed by atoms with Crippen molar-refractivity contribution in [3.05, 3.63) is 277 Å². The SMILES string of the molecule is COCCOCCOCCN(CC(C)(C)S)c1cc(COc2cc3c(cc2C)C(=O)N2c4ccccc4C[C@H]2CC3)cc(COc2cc3c(cc2OC)C(=O)N2c4ccccc4C[C@H]2C=N3)c1.COCCOCCOCCN(CC(C)(C)S)c1cc(COc2cc3c(cc2C)C(=O)N2c4ccccc4C[C@H]2CC3)cc(COc2cc3c(cc2OC)C(=O)N2c4ccccc4C[C@H]2CC3)c1.O=S(=O)=O. The maximum absolute atomic E-state index is 14.2. The molecule has 0 aliphatic carbocycles. The minimum absolute atomic E-state index is 0.00174. The summed E-state index contributed by atoms with van der Waals surface area (Å²) in [6.45, 7) is 21.0. The minimum atomic E-state index is -3.11. The lowest BCUT2D eigenvalue weighted by Crippen LogP contribution is -2.37. The van der Waals surface area contributed by atoms with Gasteiger partial charge in [0.1, 0.15) is 37.9 Å². The van der Waals surface area contributed by atoms with Gasteiger partial charge in [0.15, 0.2) is 23.0 Å². The summed E-state index contributed by atoms with van der Waals surface area (Å²) in [6.07, 6.45) is 10.2. The van der Waals surface area contributed by atoms with Gasteiger partial charge in [0.2, 0.25) is 0 Å². The van der Waals surface area contributed by atoms with Gasteiger partial charge in [-0.15, -0.1) is 12.6 Å². The van der Waals surface area contributed by atoms with Crippen LogP contribution in [0.25, 0.3) is 0 Å². The molecular formula is C109H123N7O19S3. The Bertz CT molecular complexity index is 6250. The van der Waals surface area contributed by atoms with Gasteiger partial charge in [-0.05, 0) is 275 Å². The number of rotatable bonds is 38. The minimum Gasteiger partial charge on any atom is -0.493 e. The number of benzene rings is 10. The van der Waals surface area contributed by atoms with Crippen molar-refractivity contribution < 1.29 is 88.6 Å². The second kappa shape index (κ2) is 45.0. The first-order valence-electron chi connectivity index (χ1n) is 47.4. The third-order valence-corrected chi connectivity index (χ3v) is 26.6. The predicted molar refractivity (Wildman–Crippen MR) is 542 cm³/mol. The van der Waals surface area contributed by atoms with Crippen LogP contribution in [0.5, 0.6) is 34.5 Å². The van der Waals surface area contributed by atoms with Gasteiger partial charge in [0.25, 0.3) is 23.6 Å². The Morgan fingerprint density at radius 3 is 1.07 bits per heavy atom. The number of para-hydroxylation sites is 4. The van der Waals surface area contributed by atoms with Crippen LogP contribution >= 0.6 is 25.3 Å². The summed E-state index contributed by atoms with van der Waals surface area (Å²) in [5, 5.41) is 0.